The van der Waals surface area contributed by atoms with Crippen LogP contribution in [-0.2, 0) is 6.54 Å². The molecule has 1 atom stereocenters. The molecule has 0 radical (unpaired) electrons. The van der Waals surface area contributed by atoms with E-state index >= 15 is 0 Å². The van der Waals surface area contributed by atoms with E-state index in [4.69, 9.17) is 0 Å². The first kappa shape index (κ1) is 24.4. The normalized spacial score (nSPS) is 16.5. The van der Waals surface area contributed by atoms with E-state index in [1.807, 2.05) is 23.4 Å². The fourth-order valence-corrected chi connectivity index (χ4v) is 3.66. The molecule has 1 unspecified atom stereocenters. The number of aryl methyl sites for hydroxylation is 3. The van der Waals surface area contributed by atoms with E-state index in [0.717, 1.165) is 55.9 Å². The molecule has 2 heterocycles. The highest BCUT2D eigenvalue weighted by Crippen LogP contribution is 2.24. The van der Waals surface area contributed by atoms with E-state index in [0.29, 0.717) is 18.8 Å². The summed E-state index contributed by atoms with van der Waals surface area (Å²) in [4.78, 5) is 6.61. The fourth-order valence-electron chi connectivity index (χ4n) is 3.66. The number of rotatable bonds is 7. The van der Waals surface area contributed by atoms with Crippen LogP contribution in [0.25, 0.3) is 0 Å². The van der Waals surface area contributed by atoms with Gasteiger partial charge in [0.05, 0.1) is 11.4 Å². The van der Waals surface area contributed by atoms with Crippen molar-refractivity contribution in [2.45, 2.75) is 46.2 Å². The Bertz CT molecular complexity index is 854. The number of aliphatic imine (C=N–C) groups is 1. The molecule has 30 heavy (non-hydrogen) atoms. The van der Waals surface area contributed by atoms with Crippen LogP contribution in [0.5, 0.6) is 0 Å². The Morgan fingerprint density at radius 2 is 2.07 bits per heavy atom. The summed E-state index contributed by atoms with van der Waals surface area (Å²) < 4.78 is 29.2. The maximum atomic E-state index is 14.0. The van der Waals surface area contributed by atoms with Gasteiger partial charge in [0.15, 0.2) is 5.96 Å². The van der Waals surface area contributed by atoms with Gasteiger partial charge in [-0.1, -0.05) is 0 Å². The van der Waals surface area contributed by atoms with Crippen LogP contribution in [0.4, 0.5) is 14.5 Å². The number of hydrogen-bond donors (Lipinski definition) is 2. The van der Waals surface area contributed by atoms with Crippen molar-refractivity contribution in [3.05, 3.63) is 47.3 Å². The molecule has 1 fully saturated rings. The lowest BCUT2D eigenvalue weighted by Gasteiger charge is -2.21. The fraction of sp³-hybridized carbons (Fsp3) is 0.524. The zero-order valence-electron chi connectivity index (χ0n) is 17.8. The van der Waals surface area contributed by atoms with E-state index in [1.54, 1.807) is 0 Å². The van der Waals surface area contributed by atoms with Crippen LogP contribution in [0.15, 0.2) is 29.3 Å². The number of aromatic nitrogens is 2. The number of guanidine groups is 1. The third-order valence-corrected chi connectivity index (χ3v) is 5.03. The molecule has 166 valence electrons. The average Bonchev–Trinajstić information content (AvgIpc) is 3.24. The lowest BCUT2D eigenvalue weighted by Crippen LogP contribution is -2.44. The third-order valence-electron chi connectivity index (χ3n) is 5.03. The van der Waals surface area contributed by atoms with E-state index in [9.17, 15) is 8.78 Å². The van der Waals surface area contributed by atoms with Crippen LogP contribution < -0.4 is 15.5 Å². The Kier molecular flexibility index (Phi) is 9.32. The van der Waals surface area contributed by atoms with Crippen molar-refractivity contribution in [2.75, 3.05) is 31.1 Å². The maximum Gasteiger partial charge on any atom is 0.191 e. The first-order valence-corrected chi connectivity index (χ1v) is 10.2. The van der Waals surface area contributed by atoms with E-state index < -0.39 is 11.6 Å². The highest BCUT2D eigenvalue weighted by Gasteiger charge is 2.25. The number of nitrogens with one attached hydrogen (secondary N) is 2. The zero-order chi connectivity index (χ0) is 20.8. The van der Waals surface area contributed by atoms with Crippen LogP contribution >= 0.6 is 24.0 Å². The van der Waals surface area contributed by atoms with Crippen molar-refractivity contribution < 1.29 is 8.78 Å². The molecule has 9 heteroatoms. The predicted molar refractivity (Wildman–Crippen MR) is 128 cm³/mol. The van der Waals surface area contributed by atoms with Gasteiger partial charge in [0.25, 0.3) is 0 Å². The lowest BCUT2D eigenvalue weighted by molar-refractivity contribution is 0.565. The molecule has 3 rings (SSSR count). The summed E-state index contributed by atoms with van der Waals surface area (Å²) in [5, 5.41) is 11.2. The summed E-state index contributed by atoms with van der Waals surface area (Å²) in [6.07, 6.45) is 1.77. The van der Waals surface area contributed by atoms with Gasteiger partial charge in [-0.15, -0.1) is 24.0 Å². The topological polar surface area (TPSA) is 57.5 Å². The molecule has 1 aliphatic heterocycles. The SMILES string of the molecule is CCNC(=NCCCn1nc(C)cc1C)NC1CCN(c2ccc(F)cc2F)C1.I. The molecular weight excluding hydrogens is 501 g/mol. The van der Waals surface area contributed by atoms with Crippen LogP contribution in [0.1, 0.15) is 31.2 Å². The molecule has 0 aliphatic carbocycles. The van der Waals surface area contributed by atoms with Gasteiger partial charge in [0, 0.05) is 50.5 Å². The van der Waals surface area contributed by atoms with Gasteiger partial charge in [-0.05, 0) is 51.8 Å². The Morgan fingerprint density at radius 1 is 1.27 bits per heavy atom. The van der Waals surface area contributed by atoms with Gasteiger partial charge in [-0.2, -0.15) is 5.10 Å². The van der Waals surface area contributed by atoms with Crippen molar-refractivity contribution in [2.24, 2.45) is 4.99 Å². The number of hydrogen-bond acceptors (Lipinski definition) is 3. The molecule has 6 nitrogen and oxygen atoms in total. The van der Waals surface area contributed by atoms with Crippen molar-refractivity contribution >= 4 is 35.6 Å². The first-order valence-electron chi connectivity index (χ1n) is 10.2. The van der Waals surface area contributed by atoms with Crippen molar-refractivity contribution in [3.63, 3.8) is 0 Å². The second-order valence-electron chi connectivity index (χ2n) is 7.44. The van der Waals surface area contributed by atoms with Crippen molar-refractivity contribution in [1.82, 2.24) is 20.4 Å². The standard InChI is InChI=1S/C21H30F2N6.HI/c1-4-24-21(25-9-5-10-29-16(3)12-15(2)27-29)26-18-8-11-28(14-18)20-7-6-17(22)13-19(20)23;/h6-7,12-13,18H,4-5,8-11,14H2,1-3H3,(H2,24,25,26);1H. The summed E-state index contributed by atoms with van der Waals surface area (Å²) in [5.41, 5.74) is 2.64. The molecular formula is C21H31F2IN6. The van der Waals surface area contributed by atoms with Gasteiger partial charge in [-0.3, -0.25) is 9.67 Å². The monoisotopic (exact) mass is 532 g/mol. The molecule has 0 saturated carbocycles. The Hall–Kier alpha value is -1.91. The number of benzene rings is 1. The largest absolute Gasteiger partial charge is 0.367 e. The molecule has 1 aromatic heterocycles. The van der Waals surface area contributed by atoms with Crippen LogP contribution in [0.3, 0.4) is 0 Å². The summed E-state index contributed by atoms with van der Waals surface area (Å²) in [7, 11) is 0. The maximum absolute atomic E-state index is 14.0. The second-order valence-corrected chi connectivity index (χ2v) is 7.44. The Morgan fingerprint density at radius 3 is 2.73 bits per heavy atom. The van der Waals surface area contributed by atoms with Gasteiger partial charge >= 0.3 is 0 Å². The zero-order valence-corrected chi connectivity index (χ0v) is 20.1. The quantitative estimate of drug-likeness (QED) is 0.248. The van der Waals surface area contributed by atoms with E-state index in [-0.39, 0.29) is 30.0 Å². The number of halogens is 3. The van der Waals surface area contributed by atoms with Crippen LogP contribution in [0, 0.1) is 25.5 Å². The molecule has 2 aromatic rings. The van der Waals surface area contributed by atoms with Gasteiger partial charge in [0.1, 0.15) is 11.6 Å². The molecule has 0 amide bonds. The smallest absolute Gasteiger partial charge is 0.191 e. The molecule has 2 N–H and O–H groups in total. The van der Waals surface area contributed by atoms with Crippen molar-refractivity contribution in [1.29, 1.82) is 0 Å². The highest BCUT2D eigenvalue weighted by atomic mass is 127. The third kappa shape index (κ3) is 6.55. The van der Waals surface area contributed by atoms with Crippen LogP contribution in [-0.4, -0.2) is 48.0 Å². The predicted octanol–water partition coefficient (Wildman–Crippen LogP) is 3.62. The molecule has 1 aromatic carbocycles. The Labute approximate surface area is 194 Å². The summed E-state index contributed by atoms with van der Waals surface area (Å²) in [6, 6.07) is 5.97. The molecule has 1 saturated heterocycles. The number of nitrogens with zero attached hydrogens (tertiary/aromatic N) is 4. The minimum absolute atomic E-state index is 0. The molecule has 0 bridgehead atoms. The summed E-state index contributed by atoms with van der Waals surface area (Å²) in [5.74, 6) is -0.301. The average molecular weight is 532 g/mol. The molecule has 1 aliphatic rings. The van der Waals surface area contributed by atoms with E-state index in [2.05, 4.69) is 33.7 Å². The highest BCUT2D eigenvalue weighted by molar-refractivity contribution is 14.0. The van der Waals surface area contributed by atoms with Gasteiger partial charge < -0.3 is 15.5 Å². The minimum Gasteiger partial charge on any atom is -0.367 e. The summed E-state index contributed by atoms with van der Waals surface area (Å²) >= 11 is 0. The van der Waals surface area contributed by atoms with E-state index in [1.165, 1.54) is 12.1 Å². The summed E-state index contributed by atoms with van der Waals surface area (Å²) in [6.45, 7) is 9.76. The van der Waals surface area contributed by atoms with Crippen LogP contribution in [0.2, 0.25) is 0 Å². The number of anilines is 1. The minimum atomic E-state index is -0.554. The first-order chi connectivity index (χ1) is 14.0. The molecule has 0 spiro atoms. The van der Waals surface area contributed by atoms with Crippen molar-refractivity contribution in [3.8, 4) is 0 Å². The lowest BCUT2D eigenvalue weighted by atomic mass is 10.2. The van der Waals surface area contributed by atoms with Gasteiger partial charge in [-0.25, -0.2) is 8.78 Å². The van der Waals surface area contributed by atoms with Gasteiger partial charge in [0.2, 0.25) is 0 Å². The second kappa shape index (κ2) is 11.5. The Balaban J connectivity index is 0.00000320.